The van der Waals surface area contributed by atoms with E-state index in [2.05, 4.69) is 31.0 Å². The van der Waals surface area contributed by atoms with Gasteiger partial charge in [-0.15, -0.1) is 6.42 Å². The zero-order chi connectivity index (χ0) is 32.7. The minimum atomic E-state index is -0.938. The molecule has 5 fully saturated rings. The number of hydrogen-bond donors (Lipinski definition) is 2. The van der Waals surface area contributed by atoms with Gasteiger partial charge >= 0.3 is 6.01 Å². The van der Waals surface area contributed by atoms with Gasteiger partial charge in [0.25, 0.3) is 0 Å². The molecule has 0 unspecified atom stereocenters. The van der Waals surface area contributed by atoms with E-state index in [-0.39, 0.29) is 58.2 Å². The Morgan fingerprint density at radius 2 is 1.90 bits per heavy atom. The molecule has 1 aliphatic carbocycles. The van der Waals surface area contributed by atoms with Gasteiger partial charge in [0.15, 0.2) is 5.82 Å². The fourth-order valence-corrected chi connectivity index (χ4v) is 8.72. The van der Waals surface area contributed by atoms with Crippen LogP contribution < -0.4 is 15.0 Å². The molecule has 8 nitrogen and oxygen atoms in total. The first-order chi connectivity index (χ1) is 23.3. The number of phenolic OH excluding ortho intramolecular Hbond substituents is 1. The molecule has 48 heavy (non-hydrogen) atoms. The van der Waals surface area contributed by atoms with Gasteiger partial charge in [-0.1, -0.05) is 23.1 Å². The van der Waals surface area contributed by atoms with Crippen molar-refractivity contribution >= 4 is 27.5 Å². The average Bonchev–Trinajstić information content (AvgIpc) is 3.66. The molecule has 4 atom stereocenters. The van der Waals surface area contributed by atoms with Crippen molar-refractivity contribution in [2.24, 2.45) is 0 Å². The summed E-state index contributed by atoms with van der Waals surface area (Å²) in [5, 5.41) is 15.3. The standard InChI is InChI=1S/C37H35F3N6O2/c1-2-27-30(39)9-6-21-10-26(47)11-28(31(21)27)33-32(40)34-29(14-41-33)35(45-17-24-7-8-25(18-45)42-24)44-36(43-34)48-19-37-12-22(20-4-3-5-20)15-46(37)16-23(38)13-37/h1,6,9-11,14,23-25,42,47H,3-5,7-8,12-13,15-19H2/t23-,24-,25+,37+/m0/s1. The maximum absolute atomic E-state index is 16.9. The summed E-state index contributed by atoms with van der Waals surface area (Å²) in [6.07, 6.45) is 12.9. The van der Waals surface area contributed by atoms with Crippen molar-refractivity contribution in [3.8, 4) is 35.4 Å². The zero-order valence-corrected chi connectivity index (χ0v) is 26.4. The number of phenols is 1. The number of benzene rings is 2. The van der Waals surface area contributed by atoms with Crippen molar-refractivity contribution in [1.82, 2.24) is 25.2 Å². The maximum atomic E-state index is 16.9. The summed E-state index contributed by atoms with van der Waals surface area (Å²) in [4.78, 5) is 18.3. The lowest BCUT2D eigenvalue weighted by molar-refractivity contribution is 0.107. The molecule has 1 saturated carbocycles. The molecule has 0 radical (unpaired) electrons. The molecule has 5 aliphatic rings. The predicted molar refractivity (Wildman–Crippen MR) is 177 cm³/mol. The lowest BCUT2D eigenvalue weighted by Crippen LogP contribution is -2.51. The number of hydrogen-bond acceptors (Lipinski definition) is 8. The average molecular weight is 653 g/mol. The van der Waals surface area contributed by atoms with Crippen LogP contribution in [0.15, 0.2) is 41.6 Å². The van der Waals surface area contributed by atoms with E-state index < -0.39 is 23.3 Å². The first-order valence-electron chi connectivity index (χ1n) is 16.8. The third-order valence-corrected chi connectivity index (χ3v) is 11.2. The number of halogens is 3. The summed E-state index contributed by atoms with van der Waals surface area (Å²) in [5.41, 5.74) is 2.36. The van der Waals surface area contributed by atoms with Crippen LogP contribution >= 0.6 is 0 Å². The smallest absolute Gasteiger partial charge is 0.319 e. The lowest BCUT2D eigenvalue weighted by Gasteiger charge is -2.34. The molecule has 4 aliphatic heterocycles. The third kappa shape index (κ3) is 4.71. The van der Waals surface area contributed by atoms with Gasteiger partial charge < -0.3 is 20.1 Å². The van der Waals surface area contributed by atoms with Crippen molar-refractivity contribution < 1.29 is 23.0 Å². The number of aromatic nitrogens is 3. The van der Waals surface area contributed by atoms with Gasteiger partial charge in [0, 0.05) is 61.8 Å². The number of nitrogens with zero attached hydrogens (tertiary/aromatic N) is 5. The van der Waals surface area contributed by atoms with E-state index in [1.165, 1.54) is 48.0 Å². The molecule has 0 spiro atoms. The van der Waals surface area contributed by atoms with Crippen LogP contribution in [0.1, 0.15) is 50.5 Å². The number of rotatable bonds is 5. The Bertz CT molecular complexity index is 2060. The molecule has 2 N–H and O–H groups in total. The number of anilines is 1. The number of pyridine rings is 1. The van der Waals surface area contributed by atoms with Gasteiger partial charge in [0.2, 0.25) is 0 Å². The number of ether oxygens (including phenoxy) is 1. The number of aromatic hydroxyl groups is 1. The monoisotopic (exact) mass is 652 g/mol. The SMILES string of the molecule is C#Cc1c(F)ccc2cc(O)cc(-c3ncc4c(N5C[C@H]6CC[C@@H](C5)N6)nc(OC[C@]56CC(=C7CCC7)CN5C[C@@H](F)C6)nc4c3F)c12. The van der Waals surface area contributed by atoms with Gasteiger partial charge in [-0.25, -0.2) is 13.2 Å². The Hall–Kier alpha value is -4.40. The minimum Gasteiger partial charge on any atom is -0.508 e. The molecule has 4 aromatic rings. The van der Waals surface area contributed by atoms with Crippen molar-refractivity contribution in [2.75, 3.05) is 37.7 Å². The van der Waals surface area contributed by atoms with Gasteiger partial charge in [-0.3, -0.25) is 9.88 Å². The van der Waals surface area contributed by atoms with Crippen molar-refractivity contribution in [3.05, 3.63) is 58.8 Å². The van der Waals surface area contributed by atoms with Crippen molar-refractivity contribution in [3.63, 3.8) is 0 Å². The van der Waals surface area contributed by atoms with E-state index in [0.717, 1.165) is 38.6 Å². The van der Waals surface area contributed by atoms with E-state index in [4.69, 9.17) is 16.1 Å². The third-order valence-electron chi connectivity index (χ3n) is 11.2. The predicted octanol–water partition coefficient (Wildman–Crippen LogP) is 5.80. The molecular weight excluding hydrogens is 617 g/mol. The van der Waals surface area contributed by atoms with Crippen molar-refractivity contribution in [2.45, 2.75) is 68.7 Å². The van der Waals surface area contributed by atoms with E-state index in [1.54, 1.807) is 0 Å². The Labute approximate surface area is 276 Å². The summed E-state index contributed by atoms with van der Waals surface area (Å²) >= 11 is 0. The van der Waals surface area contributed by atoms with E-state index in [9.17, 15) is 13.9 Å². The molecule has 2 bridgehead atoms. The number of nitrogens with one attached hydrogen (secondary N) is 1. The van der Waals surface area contributed by atoms with Crippen LogP contribution in [0.5, 0.6) is 11.8 Å². The highest BCUT2D eigenvalue weighted by Gasteiger charge is 2.52. The summed E-state index contributed by atoms with van der Waals surface area (Å²) in [7, 11) is 0. The summed E-state index contributed by atoms with van der Waals surface area (Å²) in [6.45, 7) is 2.68. The van der Waals surface area contributed by atoms with Crippen LogP contribution in [0.25, 0.3) is 32.9 Å². The lowest BCUT2D eigenvalue weighted by atomic mass is 9.84. The van der Waals surface area contributed by atoms with E-state index in [1.807, 2.05) is 0 Å². The highest BCUT2D eigenvalue weighted by molar-refractivity contribution is 6.03. The second-order valence-electron chi connectivity index (χ2n) is 14.1. The molecule has 2 aromatic carbocycles. The van der Waals surface area contributed by atoms with E-state index >= 15 is 4.39 Å². The van der Waals surface area contributed by atoms with E-state index in [0.29, 0.717) is 42.6 Å². The van der Waals surface area contributed by atoms with Crippen LogP contribution in [0.3, 0.4) is 0 Å². The van der Waals surface area contributed by atoms with Crippen LogP contribution in [0.4, 0.5) is 19.0 Å². The van der Waals surface area contributed by atoms with Crippen LogP contribution in [-0.4, -0.2) is 81.5 Å². The summed E-state index contributed by atoms with van der Waals surface area (Å²) < 4.78 is 53.0. The number of fused-ring (bicyclic) bond motifs is 5. The highest BCUT2D eigenvalue weighted by atomic mass is 19.1. The fourth-order valence-electron chi connectivity index (χ4n) is 8.72. The van der Waals surface area contributed by atoms with Crippen LogP contribution in [-0.2, 0) is 0 Å². The van der Waals surface area contributed by atoms with Gasteiger partial charge in [-0.2, -0.15) is 9.97 Å². The van der Waals surface area contributed by atoms with Gasteiger partial charge in [0.1, 0.15) is 41.4 Å². The number of terminal acetylenes is 1. The molecule has 246 valence electrons. The normalized spacial score (nSPS) is 26.7. The molecule has 11 heteroatoms. The van der Waals surface area contributed by atoms with Crippen LogP contribution in [0.2, 0.25) is 0 Å². The Morgan fingerprint density at radius 1 is 1.08 bits per heavy atom. The van der Waals surface area contributed by atoms with Crippen molar-refractivity contribution in [1.29, 1.82) is 0 Å². The van der Waals surface area contributed by atoms with Gasteiger partial charge in [-0.05, 0) is 62.1 Å². The second kappa shape index (κ2) is 11.1. The Balaban J connectivity index is 1.16. The minimum absolute atomic E-state index is 0.00567. The quantitative estimate of drug-likeness (QED) is 0.207. The number of allylic oxidation sites excluding steroid dienone is 1. The summed E-state index contributed by atoms with van der Waals surface area (Å²) in [5.74, 6) is 1.37. The first-order valence-corrected chi connectivity index (χ1v) is 16.8. The Kier molecular flexibility index (Phi) is 6.85. The molecular formula is C37H35F3N6O2. The molecule has 6 heterocycles. The van der Waals surface area contributed by atoms with Crippen LogP contribution in [0, 0.1) is 24.0 Å². The largest absolute Gasteiger partial charge is 0.508 e. The van der Waals surface area contributed by atoms with Gasteiger partial charge in [0.05, 0.1) is 16.5 Å². The Morgan fingerprint density at radius 3 is 2.65 bits per heavy atom. The number of alkyl halides is 1. The molecule has 2 aromatic heterocycles. The topological polar surface area (TPSA) is 86.6 Å². The molecule has 4 saturated heterocycles. The second-order valence-corrected chi connectivity index (χ2v) is 14.1. The molecule has 9 rings (SSSR count). The zero-order valence-electron chi connectivity index (χ0n) is 26.4. The first kappa shape index (κ1) is 29.7. The highest BCUT2D eigenvalue weighted by Crippen LogP contribution is 2.46. The summed E-state index contributed by atoms with van der Waals surface area (Å²) in [6, 6.07) is 6.08. The molecule has 0 amide bonds. The fraction of sp³-hybridized carbons (Fsp3) is 0.432. The number of piperazine rings is 1. The maximum Gasteiger partial charge on any atom is 0.319 e.